The number of carbonyl (C=O) groups is 2. The van der Waals surface area contributed by atoms with Crippen LogP contribution in [0.4, 0.5) is 5.69 Å². The fourth-order valence-corrected chi connectivity index (χ4v) is 3.94. The van der Waals surface area contributed by atoms with Crippen molar-refractivity contribution in [3.63, 3.8) is 0 Å². The van der Waals surface area contributed by atoms with Crippen LogP contribution in [0.25, 0.3) is 11.0 Å². The number of benzene rings is 2. The van der Waals surface area contributed by atoms with Crippen LogP contribution < -0.4 is 5.32 Å². The summed E-state index contributed by atoms with van der Waals surface area (Å²) in [6.07, 6.45) is 1.56. The summed E-state index contributed by atoms with van der Waals surface area (Å²) < 4.78 is 3.57. The smallest absolute Gasteiger partial charge is 0.305 e. The van der Waals surface area contributed by atoms with Gasteiger partial charge in [-0.25, -0.2) is 4.98 Å². The molecule has 8 heteroatoms. The first-order valence-electron chi connectivity index (χ1n) is 10.8. The molecule has 0 saturated carbocycles. The fraction of sp³-hybridized carbons (Fsp3) is 0.280. The number of carboxylic acids is 1. The predicted molar refractivity (Wildman–Crippen MR) is 126 cm³/mol. The number of nitrogens with one attached hydrogen (secondary N) is 1. The molecule has 0 bridgehead atoms. The number of hydrogen-bond acceptors (Lipinski definition) is 4. The molecular formula is C25H27N5O3. The van der Waals surface area contributed by atoms with Gasteiger partial charge in [-0.3, -0.25) is 14.3 Å². The summed E-state index contributed by atoms with van der Waals surface area (Å²) in [6, 6.07) is 16.2. The van der Waals surface area contributed by atoms with Gasteiger partial charge >= 0.3 is 5.97 Å². The van der Waals surface area contributed by atoms with E-state index in [1.54, 1.807) is 23.1 Å². The van der Waals surface area contributed by atoms with E-state index in [-0.39, 0.29) is 17.9 Å². The van der Waals surface area contributed by atoms with E-state index in [2.05, 4.69) is 15.4 Å². The van der Waals surface area contributed by atoms with Gasteiger partial charge in [-0.05, 0) is 57.5 Å². The van der Waals surface area contributed by atoms with E-state index in [9.17, 15) is 14.7 Å². The van der Waals surface area contributed by atoms with E-state index in [1.807, 2.05) is 74.7 Å². The summed E-state index contributed by atoms with van der Waals surface area (Å²) in [6.45, 7) is 7.84. The Balaban J connectivity index is 1.70. The van der Waals surface area contributed by atoms with Crippen LogP contribution in [-0.4, -0.2) is 36.3 Å². The zero-order valence-electron chi connectivity index (χ0n) is 19.1. The second-order valence-corrected chi connectivity index (χ2v) is 9.09. The van der Waals surface area contributed by atoms with Crippen LogP contribution in [0, 0.1) is 6.92 Å². The Bertz CT molecular complexity index is 1320. The molecule has 2 aromatic carbocycles. The molecule has 33 heavy (non-hydrogen) atoms. The third kappa shape index (κ3) is 4.64. The normalized spacial score (nSPS) is 12.6. The summed E-state index contributed by atoms with van der Waals surface area (Å²) in [5.41, 5.74) is 3.82. The van der Waals surface area contributed by atoms with Crippen LogP contribution in [0.5, 0.6) is 0 Å². The molecule has 0 spiro atoms. The quantitative estimate of drug-likeness (QED) is 0.451. The highest BCUT2D eigenvalue weighted by molar-refractivity contribution is 6.04. The van der Waals surface area contributed by atoms with Crippen LogP contribution in [0.2, 0.25) is 0 Å². The van der Waals surface area contributed by atoms with Gasteiger partial charge in [-0.1, -0.05) is 30.3 Å². The maximum absolute atomic E-state index is 13.1. The van der Waals surface area contributed by atoms with Crippen molar-refractivity contribution in [2.45, 2.75) is 45.7 Å². The van der Waals surface area contributed by atoms with Crippen molar-refractivity contribution in [2.24, 2.45) is 0 Å². The number of aryl methyl sites for hydroxylation is 1. The van der Waals surface area contributed by atoms with Crippen molar-refractivity contribution in [2.75, 3.05) is 5.32 Å². The van der Waals surface area contributed by atoms with E-state index in [0.717, 1.165) is 22.3 Å². The van der Waals surface area contributed by atoms with Crippen LogP contribution in [0.3, 0.4) is 0 Å². The van der Waals surface area contributed by atoms with Gasteiger partial charge in [0.2, 0.25) is 0 Å². The van der Waals surface area contributed by atoms with Crippen LogP contribution in [0.1, 0.15) is 55.0 Å². The van der Waals surface area contributed by atoms with E-state index in [1.165, 1.54) is 0 Å². The molecule has 4 rings (SSSR count). The molecule has 0 aliphatic heterocycles. The SMILES string of the molecule is Cc1cc(C(=O)Nc2ccc3ncn(C(CC(=O)O)c4ccccc4)c3c2)n(C(C)(C)C)n1. The number of hydrogen-bond donors (Lipinski definition) is 2. The van der Waals surface area contributed by atoms with Crippen molar-refractivity contribution in [1.82, 2.24) is 19.3 Å². The molecule has 0 aliphatic rings. The van der Waals surface area contributed by atoms with Crippen molar-refractivity contribution >= 4 is 28.6 Å². The lowest BCUT2D eigenvalue weighted by atomic mass is 10.0. The number of imidazole rings is 1. The van der Waals surface area contributed by atoms with E-state index in [0.29, 0.717) is 11.4 Å². The molecule has 0 fully saturated rings. The minimum Gasteiger partial charge on any atom is -0.481 e. The number of aliphatic carboxylic acids is 1. The molecule has 2 aromatic heterocycles. The summed E-state index contributed by atoms with van der Waals surface area (Å²) in [4.78, 5) is 29.1. The molecule has 2 N–H and O–H groups in total. The van der Waals surface area contributed by atoms with Crippen LogP contribution in [-0.2, 0) is 10.3 Å². The Labute approximate surface area is 191 Å². The van der Waals surface area contributed by atoms with Crippen molar-refractivity contribution in [3.05, 3.63) is 77.9 Å². The molecule has 1 atom stereocenters. The first-order valence-corrected chi connectivity index (χ1v) is 10.8. The number of carboxylic acid groups (broad SMARTS) is 1. The number of fused-ring (bicyclic) bond motifs is 1. The van der Waals surface area contributed by atoms with Crippen LogP contribution >= 0.6 is 0 Å². The van der Waals surface area contributed by atoms with Gasteiger partial charge in [0.05, 0.1) is 41.1 Å². The summed E-state index contributed by atoms with van der Waals surface area (Å²) >= 11 is 0. The van der Waals surface area contributed by atoms with Crippen LogP contribution in [0.15, 0.2) is 60.9 Å². The molecule has 0 saturated heterocycles. The second kappa shape index (κ2) is 8.54. The molecule has 170 valence electrons. The second-order valence-electron chi connectivity index (χ2n) is 9.09. The lowest BCUT2D eigenvalue weighted by Crippen LogP contribution is -2.29. The van der Waals surface area contributed by atoms with Gasteiger partial charge in [0, 0.05) is 5.69 Å². The van der Waals surface area contributed by atoms with Gasteiger partial charge in [-0.2, -0.15) is 5.10 Å². The number of nitrogens with zero attached hydrogens (tertiary/aromatic N) is 4. The third-order valence-electron chi connectivity index (χ3n) is 5.42. The molecule has 1 amide bonds. The van der Waals surface area contributed by atoms with Crippen molar-refractivity contribution in [1.29, 1.82) is 0 Å². The fourth-order valence-electron chi connectivity index (χ4n) is 3.94. The molecule has 8 nitrogen and oxygen atoms in total. The summed E-state index contributed by atoms with van der Waals surface area (Å²) in [7, 11) is 0. The minimum absolute atomic E-state index is 0.0872. The standard InChI is InChI=1S/C25H27N5O3/c1-16-12-22(30(28-16)25(2,3)4)24(33)27-18-10-11-19-21(13-18)29(15-26-19)20(14-23(31)32)17-8-6-5-7-9-17/h5-13,15,20H,14H2,1-4H3,(H,27,33)(H,31,32). The molecular weight excluding hydrogens is 418 g/mol. The molecule has 0 radical (unpaired) electrons. The minimum atomic E-state index is -0.902. The summed E-state index contributed by atoms with van der Waals surface area (Å²) in [5.74, 6) is -1.16. The summed E-state index contributed by atoms with van der Waals surface area (Å²) in [5, 5.41) is 16.9. The monoisotopic (exact) mass is 445 g/mol. The van der Waals surface area contributed by atoms with E-state index < -0.39 is 12.0 Å². The first kappa shape index (κ1) is 22.3. The Kier molecular flexibility index (Phi) is 5.76. The first-order chi connectivity index (χ1) is 15.6. The maximum Gasteiger partial charge on any atom is 0.305 e. The number of amides is 1. The van der Waals surface area contributed by atoms with Gasteiger partial charge in [0.25, 0.3) is 5.91 Å². The topological polar surface area (TPSA) is 102 Å². The number of rotatable bonds is 6. The average Bonchev–Trinajstić information content (AvgIpc) is 3.36. The molecule has 4 aromatic rings. The zero-order valence-corrected chi connectivity index (χ0v) is 19.1. The van der Waals surface area contributed by atoms with E-state index in [4.69, 9.17) is 0 Å². The van der Waals surface area contributed by atoms with Gasteiger partial charge in [0.1, 0.15) is 5.69 Å². The highest BCUT2D eigenvalue weighted by Gasteiger charge is 2.24. The highest BCUT2D eigenvalue weighted by Crippen LogP contribution is 2.28. The van der Waals surface area contributed by atoms with Gasteiger partial charge in [-0.15, -0.1) is 0 Å². The maximum atomic E-state index is 13.1. The Morgan fingerprint density at radius 2 is 1.82 bits per heavy atom. The van der Waals surface area contributed by atoms with E-state index >= 15 is 0 Å². The highest BCUT2D eigenvalue weighted by atomic mass is 16.4. The Hall–Kier alpha value is -3.94. The molecule has 2 heterocycles. The lowest BCUT2D eigenvalue weighted by Gasteiger charge is -2.22. The number of aromatic nitrogens is 4. The molecule has 0 aliphatic carbocycles. The third-order valence-corrected chi connectivity index (χ3v) is 5.42. The lowest BCUT2D eigenvalue weighted by molar-refractivity contribution is -0.137. The largest absolute Gasteiger partial charge is 0.481 e. The Morgan fingerprint density at radius 3 is 2.48 bits per heavy atom. The molecule has 1 unspecified atom stereocenters. The number of carbonyl (C=O) groups excluding carboxylic acids is 1. The predicted octanol–water partition coefficient (Wildman–Crippen LogP) is 4.61. The van der Waals surface area contributed by atoms with Gasteiger partial charge in [0.15, 0.2) is 0 Å². The van der Waals surface area contributed by atoms with Gasteiger partial charge < -0.3 is 15.0 Å². The zero-order chi connectivity index (χ0) is 23.8. The number of anilines is 1. The van der Waals surface area contributed by atoms with Crippen molar-refractivity contribution < 1.29 is 14.7 Å². The Morgan fingerprint density at radius 1 is 1.09 bits per heavy atom. The van der Waals surface area contributed by atoms with Crippen molar-refractivity contribution in [3.8, 4) is 0 Å². The average molecular weight is 446 g/mol.